The number of nitrogens with two attached hydrogens (primary N) is 1. The first-order valence-corrected chi connectivity index (χ1v) is 9.25. The van der Waals surface area contributed by atoms with Gasteiger partial charge in [-0.3, -0.25) is 13.9 Å². The van der Waals surface area contributed by atoms with Crippen molar-refractivity contribution in [1.82, 2.24) is 14.1 Å². The highest BCUT2D eigenvalue weighted by Crippen LogP contribution is 2.23. The maximum Gasteiger partial charge on any atom is 0.333 e. The number of fused-ring (bicyclic) bond motifs is 1. The van der Waals surface area contributed by atoms with Gasteiger partial charge in [-0.1, -0.05) is 35.9 Å². The van der Waals surface area contributed by atoms with Crippen LogP contribution < -0.4 is 17.0 Å². The number of hydrogen-bond donors (Lipinski definition) is 1. The second-order valence-corrected chi connectivity index (χ2v) is 7.14. The summed E-state index contributed by atoms with van der Waals surface area (Å²) in [6.07, 6.45) is 6.86. The summed E-state index contributed by atoms with van der Waals surface area (Å²) >= 11 is 5.93. The van der Waals surface area contributed by atoms with Crippen LogP contribution in [0.4, 0.5) is 5.82 Å². The van der Waals surface area contributed by atoms with Gasteiger partial charge in [0.15, 0.2) is 5.65 Å². The quantitative estimate of drug-likeness (QED) is 0.705. The van der Waals surface area contributed by atoms with E-state index in [0.29, 0.717) is 16.1 Å². The van der Waals surface area contributed by atoms with Gasteiger partial charge in [0.25, 0.3) is 5.56 Å². The number of rotatable bonds is 3. The molecule has 2 N–H and O–H groups in total. The molecular weight excluding hydrogens is 364 g/mol. The standard InChI is InChI=1S/C20H19ClN4O2/c21-14-8-6-13(7-9-14)12-24-19(26)16-10-11-17(22)23-18(16)25(20(24)27)15-4-2-1-3-5-15/h2,4,6-11,15H,1,3,5,12H2,(H2,22,23). The molecule has 0 fully saturated rings. The fourth-order valence-corrected chi connectivity index (χ4v) is 3.61. The molecule has 138 valence electrons. The van der Waals surface area contributed by atoms with Gasteiger partial charge in [0.1, 0.15) is 5.82 Å². The third-order valence-corrected chi connectivity index (χ3v) is 5.10. The van der Waals surface area contributed by atoms with E-state index in [9.17, 15) is 9.59 Å². The molecule has 3 aromatic rings. The van der Waals surface area contributed by atoms with Crippen molar-refractivity contribution < 1.29 is 0 Å². The van der Waals surface area contributed by atoms with Crippen molar-refractivity contribution in [3.63, 3.8) is 0 Å². The third-order valence-electron chi connectivity index (χ3n) is 4.85. The molecule has 0 spiro atoms. The van der Waals surface area contributed by atoms with Crippen molar-refractivity contribution in [2.24, 2.45) is 0 Å². The smallest absolute Gasteiger partial charge is 0.333 e. The molecule has 0 bridgehead atoms. The van der Waals surface area contributed by atoms with E-state index in [1.807, 2.05) is 18.2 Å². The molecule has 4 rings (SSSR count). The van der Waals surface area contributed by atoms with E-state index in [-0.39, 0.29) is 29.7 Å². The van der Waals surface area contributed by atoms with Crippen LogP contribution >= 0.6 is 11.6 Å². The van der Waals surface area contributed by atoms with Crippen LogP contribution in [0.5, 0.6) is 0 Å². The highest BCUT2D eigenvalue weighted by molar-refractivity contribution is 6.30. The third kappa shape index (κ3) is 3.28. The van der Waals surface area contributed by atoms with Crippen molar-refractivity contribution in [2.45, 2.75) is 31.8 Å². The molecule has 1 unspecified atom stereocenters. The number of allylic oxidation sites excluding steroid dienone is 2. The van der Waals surface area contributed by atoms with Gasteiger partial charge in [-0.2, -0.15) is 0 Å². The first-order valence-electron chi connectivity index (χ1n) is 8.87. The van der Waals surface area contributed by atoms with E-state index in [4.69, 9.17) is 17.3 Å². The maximum atomic E-state index is 13.3. The number of pyridine rings is 1. The predicted molar refractivity (Wildman–Crippen MR) is 107 cm³/mol. The van der Waals surface area contributed by atoms with E-state index < -0.39 is 0 Å². The van der Waals surface area contributed by atoms with E-state index in [1.54, 1.807) is 28.8 Å². The topological polar surface area (TPSA) is 82.9 Å². The van der Waals surface area contributed by atoms with Crippen LogP contribution in [-0.2, 0) is 6.54 Å². The van der Waals surface area contributed by atoms with Crippen LogP contribution in [0.2, 0.25) is 5.02 Å². The molecule has 1 aliphatic carbocycles. The molecular formula is C20H19ClN4O2. The number of aromatic nitrogens is 3. The zero-order valence-corrected chi connectivity index (χ0v) is 15.4. The lowest BCUT2D eigenvalue weighted by atomic mass is 10.0. The summed E-state index contributed by atoms with van der Waals surface area (Å²) in [7, 11) is 0. The summed E-state index contributed by atoms with van der Waals surface area (Å²) in [6, 6.07) is 10.2. The fourth-order valence-electron chi connectivity index (χ4n) is 3.49. The van der Waals surface area contributed by atoms with Crippen molar-refractivity contribution in [3.8, 4) is 0 Å². The molecule has 0 saturated heterocycles. The van der Waals surface area contributed by atoms with Crippen molar-refractivity contribution in [2.75, 3.05) is 5.73 Å². The minimum absolute atomic E-state index is 0.139. The molecule has 1 atom stereocenters. The summed E-state index contributed by atoms with van der Waals surface area (Å²) in [6.45, 7) is 0.172. The van der Waals surface area contributed by atoms with Crippen LogP contribution in [0.25, 0.3) is 11.0 Å². The predicted octanol–water partition coefficient (Wildman–Crippen LogP) is 3.12. The molecule has 2 heterocycles. The minimum Gasteiger partial charge on any atom is -0.384 e. The highest BCUT2D eigenvalue weighted by atomic mass is 35.5. The lowest BCUT2D eigenvalue weighted by molar-refractivity contribution is 0.487. The zero-order chi connectivity index (χ0) is 19.0. The normalized spacial score (nSPS) is 16.7. The van der Waals surface area contributed by atoms with Gasteiger partial charge in [0.2, 0.25) is 0 Å². The molecule has 6 nitrogen and oxygen atoms in total. The Morgan fingerprint density at radius 2 is 1.93 bits per heavy atom. The molecule has 0 amide bonds. The summed E-state index contributed by atoms with van der Waals surface area (Å²) in [5.41, 5.74) is 6.26. The number of nitrogens with zero attached hydrogens (tertiary/aromatic N) is 3. The molecule has 27 heavy (non-hydrogen) atoms. The number of hydrogen-bond acceptors (Lipinski definition) is 4. The molecule has 1 aliphatic rings. The van der Waals surface area contributed by atoms with Crippen LogP contribution in [-0.4, -0.2) is 14.1 Å². The van der Waals surface area contributed by atoms with Crippen molar-refractivity contribution >= 4 is 28.5 Å². The monoisotopic (exact) mass is 382 g/mol. The molecule has 0 saturated carbocycles. The van der Waals surface area contributed by atoms with Crippen LogP contribution in [0, 0.1) is 0 Å². The first-order chi connectivity index (χ1) is 13.0. The maximum absolute atomic E-state index is 13.3. The Hall–Kier alpha value is -2.86. The molecule has 2 aromatic heterocycles. The number of nitrogen functional groups attached to an aromatic ring is 1. The van der Waals surface area contributed by atoms with Crippen LogP contribution in [0.15, 0.2) is 58.1 Å². The van der Waals surface area contributed by atoms with Crippen LogP contribution in [0.1, 0.15) is 30.9 Å². The second kappa shape index (κ2) is 7.04. The summed E-state index contributed by atoms with van der Waals surface area (Å²) in [5, 5.41) is 0.991. The van der Waals surface area contributed by atoms with Gasteiger partial charge in [0, 0.05) is 5.02 Å². The van der Waals surface area contributed by atoms with Gasteiger partial charge in [-0.15, -0.1) is 0 Å². The van der Waals surface area contributed by atoms with Crippen LogP contribution in [0.3, 0.4) is 0 Å². The van der Waals surface area contributed by atoms with Gasteiger partial charge < -0.3 is 5.73 Å². The number of benzene rings is 1. The second-order valence-electron chi connectivity index (χ2n) is 6.70. The molecule has 1 aromatic carbocycles. The lowest BCUT2D eigenvalue weighted by Crippen LogP contribution is -2.42. The van der Waals surface area contributed by atoms with E-state index in [1.165, 1.54) is 4.57 Å². The molecule has 7 heteroatoms. The number of anilines is 1. The van der Waals surface area contributed by atoms with Gasteiger partial charge in [0.05, 0.1) is 18.0 Å². The fraction of sp³-hybridized carbons (Fsp3) is 0.250. The average molecular weight is 383 g/mol. The molecule has 0 aliphatic heterocycles. The summed E-state index contributed by atoms with van der Waals surface area (Å²) < 4.78 is 2.85. The SMILES string of the molecule is Nc1ccc2c(=O)n(Cc3ccc(Cl)cc3)c(=O)n(C3C=CCCC3)c2n1. The first kappa shape index (κ1) is 17.5. The minimum atomic E-state index is -0.378. The van der Waals surface area contributed by atoms with E-state index >= 15 is 0 Å². The Bertz CT molecular complexity index is 1150. The summed E-state index contributed by atoms with van der Waals surface area (Å²) in [4.78, 5) is 30.6. The molecule has 0 radical (unpaired) electrons. The van der Waals surface area contributed by atoms with Gasteiger partial charge in [-0.25, -0.2) is 9.78 Å². The zero-order valence-electron chi connectivity index (χ0n) is 14.6. The van der Waals surface area contributed by atoms with Crippen molar-refractivity contribution in [1.29, 1.82) is 0 Å². The lowest BCUT2D eigenvalue weighted by Gasteiger charge is -2.22. The Labute approximate surface area is 160 Å². The van der Waals surface area contributed by atoms with E-state index in [2.05, 4.69) is 11.1 Å². The van der Waals surface area contributed by atoms with Gasteiger partial charge in [-0.05, 0) is 49.1 Å². The number of halogens is 1. The Morgan fingerprint density at radius 1 is 1.15 bits per heavy atom. The Kier molecular flexibility index (Phi) is 4.58. The Balaban J connectivity index is 1.96. The van der Waals surface area contributed by atoms with Gasteiger partial charge >= 0.3 is 5.69 Å². The average Bonchev–Trinajstić information content (AvgIpc) is 2.67. The largest absolute Gasteiger partial charge is 0.384 e. The summed E-state index contributed by atoms with van der Waals surface area (Å²) in [5.74, 6) is 0.283. The van der Waals surface area contributed by atoms with E-state index in [0.717, 1.165) is 24.8 Å². The highest BCUT2D eigenvalue weighted by Gasteiger charge is 2.21. The Morgan fingerprint density at radius 3 is 2.63 bits per heavy atom. The van der Waals surface area contributed by atoms with Crippen molar-refractivity contribution in [3.05, 3.63) is 80.0 Å².